The van der Waals surface area contributed by atoms with Crippen molar-refractivity contribution in [2.45, 2.75) is 39.7 Å². The number of rotatable bonds is 6. The van der Waals surface area contributed by atoms with Crippen LogP contribution in [-0.4, -0.2) is 25.0 Å². The third-order valence-corrected chi connectivity index (χ3v) is 3.46. The fraction of sp³-hybridized carbons (Fsp3) is 0.562. The number of nitrogens with two attached hydrogens (primary N) is 1. The summed E-state index contributed by atoms with van der Waals surface area (Å²) in [4.78, 5) is 14.6. The average Bonchev–Trinajstić information content (AvgIpc) is 3.20. The van der Waals surface area contributed by atoms with Gasteiger partial charge in [-0.25, -0.2) is 0 Å². The lowest BCUT2D eigenvalue weighted by Gasteiger charge is -2.29. The molecular weight excluding hydrogens is 250 g/mol. The molecule has 1 aliphatic carbocycles. The molecular formula is C16H25N3O. The van der Waals surface area contributed by atoms with Gasteiger partial charge in [0.2, 0.25) is 0 Å². The van der Waals surface area contributed by atoms with E-state index in [1.54, 1.807) is 6.07 Å². The van der Waals surface area contributed by atoms with Crippen LogP contribution in [0.1, 0.15) is 44.0 Å². The lowest BCUT2D eigenvalue weighted by atomic mass is 10.1. The van der Waals surface area contributed by atoms with Crippen molar-refractivity contribution in [3.8, 4) is 0 Å². The first-order valence-corrected chi connectivity index (χ1v) is 7.47. The Morgan fingerprint density at radius 2 is 2.15 bits per heavy atom. The zero-order valence-corrected chi connectivity index (χ0v) is 12.6. The van der Waals surface area contributed by atoms with Gasteiger partial charge in [0.05, 0.1) is 11.3 Å². The van der Waals surface area contributed by atoms with E-state index in [2.05, 4.69) is 24.1 Å². The number of anilines is 2. The Kier molecular flexibility index (Phi) is 4.53. The highest BCUT2D eigenvalue weighted by atomic mass is 16.1. The molecule has 1 aromatic rings. The molecule has 0 unspecified atom stereocenters. The number of benzene rings is 1. The Labute approximate surface area is 121 Å². The normalized spacial score (nSPS) is 14.4. The van der Waals surface area contributed by atoms with Gasteiger partial charge in [-0.1, -0.05) is 13.8 Å². The van der Waals surface area contributed by atoms with Gasteiger partial charge in [-0.3, -0.25) is 4.79 Å². The van der Waals surface area contributed by atoms with Crippen molar-refractivity contribution >= 4 is 17.3 Å². The Morgan fingerprint density at radius 3 is 2.70 bits per heavy atom. The molecule has 0 radical (unpaired) electrons. The van der Waals surface area contributed by atoms with Crippen LogP contribution in [0.15, 0.2) is 18.2 Å². The maximum Gasteiger partial charge on any atom is 0.253 e. The van der Waals surface area contributed by atoms with Gasteiger partial charge < -0.3 is 16.0 Å². The van der Waals surface area contributed by atoms with Crippen LogP contribution in [-0.2, 0) is 0 Å². The molecule has 1 fully saturated rings. The topological polar surface area (TPSA) is 58.4 Å². The van der Waals surface area contributed by atoms with Gasteiger partial charge >= 0.3 is 0 Å². The maximum absolute atomic E-state index is 12.2. The van der Waals surface area contributed by atoms with Gasteiger partial charge in [-0.15, -0.1) is 0 Å². The van der Waals surface area contributed by atoms with Gasteiger partial charge in [-0.2, -0.15) is 0 Å². The summed E-state index contributed by atoms with van der Waals surface area (Å²) < 4.78 is 0. The predicted molar refractivity (Wildman–Crippen MR) is 84.1 cm³/mol. The molecule has 1 aliphatic rings. The zero-order valence-electron chi connectivity index (χ0n) is 12.6. The summed E-state index contributed by atoms with van der Waals surface area (Å²) >= 11 is 0. The van der Waals surface area contributed by atoms with E-state index in [1.165, 1.54) is 12.8 Å². The fourth-order valence-electron chi connectivity index (χ4n) is 2.46. The number of carbonyl (C=O) groups excluding carboxylic acids is 1. The minimum Gasteiger partial charge on any atom is -0.399 e. The molecule has 110 valence electrons. The second-order valence-electron chi connectivity index (χ2n) is 5.91. The van der Waals surface area contributed by atoms with Crippen LogP contribution in [0.3, 0.4) is 0 Å². The van der Waals surface area contributed by atoms with Crippen molar-refractivity contribution in [3.05, 3.63) is 23.8 Å². The Balaban J connectivity index is 2.35. The van der Waals surface area contributed by atoms with Crippen LogP contribution in [0, 0.1) is 5.92 Å². The Morgan fingerprint density at radius 1 is 1.45 bits per heavy atom. The SMILES string of the molecule is CCNC(=O)c1ccc(N)cc1N(CC(C)C)C1CC1. The van der Waals surface area contributed by atoms with Gasteiger partial charge in [0, 0.05) is 24.8 Å². The van der Waals surface area contributed by atoms with Crippen LogP contribution in [0.2, 0.25) is 0 Å². The number of amides is 1. The largest absolute Gasteiger partial charge is 0.399 e. The number of nitrogen functional groups attached to an aromatic ring is 1. The van der Waals surface area contributed by atoms with Gasteiger partial charge in [0.15, 0.2) is 0 Å². The van der Waals surface area contributed by atoms with E-state index >= 15 is 0 Å². The summed E-state index contributed by atoms with van der Waals surface area (Å²) in [7, 11) is 0. The molecule has 0 saturated heterocycles. The highest BCUT2D eigenvalue weighted by Gasteiger charge is 2.31. The van der Waals surface area contributed by atoms with Crippen molar-refractivity contribution in [1.82, 2.24) is 5.32 Å². The van der Waals surface area contributed by atoms with E-state index in [4.69, 9.17) is 5.73 Å². The molecule has 20 heavy (non-hydrogen) atoms. The molecule has 0 spiro atoms. The Hall–Kier alpha value is -1.71. The number of nitrogens with zero attached hydrogens (tertiary/aromatic N) is 1. The molecule has 1 aromatic carbocycles. The summed E-state index contributed by atoms with van der Waals surface area (Å²) in [6, 6.07) is 6.14. The van der Waals surface area contributed by atoms with E-state index < -0.39 is 0 Å². The van der Waals surface area contributed by atoms with E-state index in [0.29, 0.717) is 24.2 Å². The third kappa shape index (κ3) is 3.44. The second kappa shape index (κ2) is 6.16. The van der Waals surface area contributed by atoms with Gasteiger partial charge in [-0.05, 0) is 43.9 Å². The smallest absolute Gasteiger partial charge is 0.253 e. The van der Waals surface area contributed by atoms with Crippen molar-refractivity contribution < 1.29 is 4.79 Å². The molecule has 0 heterocycles. The molecule has 0 atom stereocenters. The summed E-state index contributed by atoms with van der Waals surface area (Å²) in [5.41, 5.74) is 8.35. The first-order chi connectivity index (χ1) is 9.52. The Bertz CT molecular complexity index is 481. The number of hydrogen-bond donors (Lipinski definition) is 2. The second-order valence-corrected chi connectivity index (χ2v) is 5.91. The summed E-state index contributed by atoms with van der Waals surface area (Å²) in [6.07, 6.45) is 2.41. The lowest BCUT2D eigenvalue weighted by molar-refractivity contribution is 0.0956. The van der Waals surface area contributed by atoms with E-state index in [1.807, 2.05) is 19.1 Å². The minimum absolute atomic E-state index is 0.0168. The highest BCUT2D eigenvalue weighted by molar-refractivity contribution is 6.00. The molecule has 4 heteroatoms. The number of carbonyl (C=O) groups is 1. The number of nitrogens with one attached hydrogen (secondary N) is 1. The van der Waals surface area contributed by atoms with E-state index in [-0.39, 0.29) is 5.91 Å². The van der Waals surface area contributed by atoms with Crippen molar-refractivity contribution in [1.29, 1.82) is 0 Å². The predicted octanol–water partition coefficient (Wildman–Crippen LogP) is 2.64. The summed E-state index contributed by atoms with van der Waals surface area (Å²) in [5.74, 6) is 0.538. The van der Waals surface area contributed by atoms with Crippen LogP contribution in [0.4, 0.5) is 11.4 Å². The summed E-state index contributed by atoms with van der Waals surface area (Å²) in [6.45, 7) is 7.93. The zero-order chi connectivity index (χ0) is 14.7. The molecule has 2 rings (SSSR count). The molecule has 4 nitrogen and oxygen atoms in total. The third-order valence-electron chi connectivity index (χ3n) is 3.46. The van der Waals surface area contributed by atoms with Crippen molar-refractivity contribution in [2.24, 2.45) is 5.92 Å². The van der Waals surface area contributed by atoms with Gasteiger partial charge in [0.1, 0.15) is 0 Å². The first kappa shape index (κ1) is 14.7. The standard InChI is InChI=1S/C16H25N3O/c1-4-18-16(20)14-8-5-12(17)9-15(14)19(10-11(2)3)13-6-7-13/h5,8-9,11,13H,4,6-7,10,17H2,1-3H3,(H,18,20). The quantitative estimate of drug-likeness (QED) is 0.785. The van der Waals surface area contributed by atoms with E-state index in [0.717, 1.165) is 17.8 Å². The molecule has 0 aromatic heterocycles. The van der Waals surface area contributed by atoms with Crippen LogP contribution in [0.25, 0.3) is 0 Å². The molecule has 0 bridgehead atoms. The molecule has 1 amide bonds. The molecule has 0 aliphatic heterocycles. The van der Waals surface area contributed by atoms with Crippen LogP contribution >= 0.6 is 0 Å². The molecule has 1 saturated carbocycles. The van der Waals surface area contributed by atoms with Crippen molar-refractivity contribution in [3.63, 3.8) is 0 Å². The summed E-state index contributed by atoms with van der Waals surface area (Å²) in [5, 5.41) is 2.88. The van der Waals surface area contributed by atoms with Crippen LogP contribution < -0.4 is 16.0 Å². The van der Waals surface area contributed by atoms with Crippen molar-refractivity contribution in [2.75, 3.05) is 23.7 Å². The molecule has 3 N–H and O–H groups in total. The highest BCUT2D eigenvalue weighted by Crippen LogP contribution is 2.35. The average molecular weight is 275 g/mol. The minimum atomic E-state index is -0.0168. The monoisotopic (exact) mass is 275 g/mol. The first-order valence-electron chi connectivity index (χ1n) is 7.47. The fourth-order valence-corrected chi connectivity index (χ4v) is 2.46. The lowest BCUT2D eigenvalue weighted by Crippen LogP contribution is -2.33. The van der Waals surface area contributed by atoms with E-state index in [9.17, 15) is 4.79 Å². The van der Waals surface area contributed by atoms with Gasteiger partial charge in [0.25, 0.3) is 5.91 Å². The number of hydrogen-bond acceptors (Lipinski definition) is 3. The maximum atomic E-state index is 12.2. The van der Waals surface area contributed by atoms with Crippen LogP contribution in [0.5, 0.6) is 0 Å².